The zero-order valence-electron chi connectivity index (χ0n) is 15.3. The van der Waals surface area contributed by atoms with Gasteiger partial charge < -0.3 is 15.0 Å². The Hall–Kier alpha value is -3.15. The summed E-state index contributed by atoms with van der Waals surface area (Å²) in [7, 11) is 0. The van der Waals surface area contributed by atoms with E-state index in [0.29, 0.717) is 24.5 Å². The maximum absolute atomic E-state index is 14.2. The van der Waals surface area contributed by atoms with E-state index in [0.717, 1.165) is 6.08 Å². The highest BCUT2D eigenvalue weighted by Gasteiger charge is 2.40. The minimum Gasteiger partial charge on any atom is -0.442 e. The number of piperidine rings is 1. The minimum absolute atomic E-state index is 0.117. The van der Waals surface area contributed by atoms with Crippen LogP contribution in [0.2, 0.25) is 0 Å². The summed E-state index contributed by atoms with van der Waals surface area (Å²) in [5.74, 6) is -3.26. The normalized spacial score (nSPS) is 22.7. The average molecular weight is 390 g/mol. The summed E-state index contributed by atoms with van der Waals surface area (Å²) in [6.07, 6.45) is 0.0867. The fourth-order valence-corrected chi connectivity index (χ4v) is 3.27. The number of allylic oxidation sites excluding steroid dienone is 1. The number of carbonyl (C=O) groups is 2. The molecule has 9 heteroatoms. The van der Waals surface area contributed by atoms with E-state index in [1.54, 1.807) is 35.2 Å². The minimum atomic E-state index is -3.05. The first-order valence-corrected chi connectivity index (χ1v) is 8.85. The summed E-state index contributed by atoms with van der Waals surface area (Å²) in [5, 5.41) is 11.2. The molecule has 0 unspecified atom stereocenters. The van der Waals surface area contributed by atoms with E-state index >= 15 is 0 Å². The number of nitrogens with zero attached hydrogens (tertiary/aromatic N) is 3. The van der Waals surface area contributed by atoms with Crippen molar-refractivity contribution in [3.63, 3.8) is 0 Å². The van der Waals surface area contributed by atoms with Crippen molar-refractivity contribution in [1.29, 1.82) is 5.26 Å². The van der Waals surface area contributed by atoms with Crippen LogP contribution in [0.3, 0.4) is 0 Å². The summed E-state index contributed by atoms with van der Waals surface area (Å²) < 4.78 is 33.6. The van der Waals surface area contributed by atoms with E-state index in [1.165, 1.54) is 11.8 Å². The van der Waals surface area contributed by atoms with Crippen molar-refractivity contribution in [2.75, 3.05) is 36.0 Å². The Morgan fingerprint density at radius 1 is 1.39 bits per heavy atom. The van der Waals surface area contributed by atoms with E-state index in [-0.39, 0.29) is 24.4 Å². The number of hydrogen-bond donors (Lipinski definition) is 1. The molecule has 1 aromatic carbocycles. The smallest absolute Gasteiger partial charge is 0.414 e. The Labute approximate surface area is 161 Å². The molecule has 1 atom stereocenters. The van der Waals surface area contributed by atoms with Crippen LogP contribution in [0.15, 0.2) is 35.9 Å². The zero-order chi connectivity index (χ0) is 20.3. The fraction of sp³-hybridized carbons (Fsp3) is 0.421. The number of rotatable bonds is 4. The average Bonchev–Trinajstić information content (AvgIpc) is 3.02. The zero-order valence-corrected chi connectivity index (χ0v) is 15.3. The van der Waals surface area contributed by atoms with Crippen molar-refractivity contribution in [2.45, 2.75) is 25.4 Å². The summed E-state index contributed by atoms with van der Waals surface area (Å²) in [5.41, 5.74) is 1.06. The molecule has 3 rings (SSSR count). The predicted octanol–water partition coefficient (Wildman–Crippen LogP) is 2.44. The lowest BCUT2D eigenvalue weighted by molar-refractivity contribution is -0.119. The number of hydrogen-bond acceptors (Lipinski definition) is 5. The van der Waals surface area contributed by atoms with Crippen molar-refractivity contribution in [2.24, 2.45) is 0 Å². The van der Waals surface area contributed by atoms with Gasteiger partial charge in [-0.2, -0.15) is 14.0 Å². The number of nitrogens with one attached hydrogen (secondary N) is 1. The third-order valence-electron chi connectivity index (χ3n) is 4.73. The summed E-state index contributed by atoms with van der Waals surface area (Å²) >= 11 is 0. The van der Waals surface area contributed by atoms with Gasteiger partial charge in [0.25, 0.3) is 5.92 Å². The van der Waals surface area contributed by atoms with E-state index in [4.69, 9.17) is 10.00 Å². The van der Waals surface area contributed by atoms with Gasteiger partial charge in [-0.05, 0) is 30.7 Å². The van der Waals surface area contributed by atoms with Gasteiger partial charge in [0.2, 0.25) is 5.91 Å². The third kappa shape index (κ3) is 4.22. The number of nitriles is 1. The fourth-order valence-electron chi connectivity index (χ4n) is 3.27. The lowest BCUT2D eigenvalue weighted by Crippen LogP contribution is -2.44. The van der Waals surface area contributed by atoms with Crippen molar-refractivity contribution in [1.82, 2.24) is 5.32 Å². The van der Waals surface area contributed by atoms with Gasteiger partial charge in [0.15, 0.2) is 0 Å². The molecule has 28 heavy (non-hydrogen) atoms. The molecule has 1 N–H and O–H groups in total. The highest BCUT2D eigenvalue weighted by molar-refractivity contribution is 5.90. The molecular weight excluding hydrogens is 370 g/mol. The molecule has 0 aliphatic carbocycles. The molecule has 2 saturated heterocycles. The molecule has 2 aliphatic heterocycles. The van der Waals surface area contributed by atoms with Crippen LogP contribution in [-0.4, -0.2) is 50.2 Å². The van der Waals surface area contributed by atoms with Crippen molar-refractivity contribution in [3.8, 4) is 6.07 Å². The molecule has 148 valence electrons. The van der Waals surface area contributed by atoms with Crippen LogP contribution in [0, 0.1) is 11.3 Å². The first-order valence-electron chi connectivity index (χ1n) is 8.85. The van der Waals surface area contributed by atoms with E-state index in [1.807, 2.05) is 0 Å². The molecule has 2 fully saturated rings. The summed E-state index contributed by atoms with van der Waals surface area (Å²) in [6.45, 7) is 1.80. The summed E-state index contributed by atoms with van der Waals surface area (Å²) in [4.78, 5) is 26.0. The van der Waals surface area contributed by atoms with Crippen molar-refractivity contribution in [3.05, 3.63) is 35.9 Å². The van der Waals surface area contributed by atoms with Gasteiger partial charge >= 0.3 is 6.09 Å². The van der Waals surface area contributed by atoms with Gasteiger partial charge in [-0.25, -0.2) is 4.79 Å². The molecule has 0 radical (unpaired) electrons. The molecular formula is C19H20F2N4O3. The molecule has 2 aliphatic rings. The predicted molar refractivity (Wildman–Crippen MR) is 98.2 cm³/mol. The van der Waals surface area contributed by atoms with Crippen LogP contribution in [0.4, 0.5) is 25.0 Å². The monoisotopic (exact) mass is 390 g/mol. The van der Waals surface area contributed by atoms with Crippen LogP contribution in [0.5, 0.6) is 0 Å². The van der Waals surface area contributed by atoms with Crippen molar-refractivity contribution >= 4 is 23.4 Å². The van der Waals surface area contributed by atoms with Gasteiger partial charge in [-0.15, -0.1) is 0 Å². The lowest BCUT2D eigenvalue weighted by atomic mass is 9.99. The Balaban J connectivity index is 1.66. The maximum Gasteiger partial charge on any atom is 0.414 e. The van der Waals surface area contributed by atoms with Crippen LogP contribution < -0.4 is 15.1 Å². The highest BCUT2D eigenvalue weighted by Crippen LogP contribution is 2.35. The number of carbonyl (C=O) groups excluding carboxylic acids is 2. The van der Waals surface area contributed by atoms with Crippen LogP contribution in [0.25, 0.3) is 0 Å². The summed E-state index contributed by atoms with van der Waals surface area (Å²) in [6, 6.07) is 8.39. The first-order chi connectivity index (χ1) is 13.3. The van der Waals surface area contributed by atoms with Gasteiger partial charge in [-0.3, -0.25) is 9.69 Å². The largest absolute Gasteiger partial charge is 0.442 e. The molecule has 2 heterocycles. The van der Waals surface area contributed by atoms with Crippen molar-refractivity contribution < 1.29 is 23.1 Å². The third-order valence-corrected chi connectivity index (χ3v) is 4.73. The SMILES string of the molecule is CC(=O)NC[C@H]1CN(c2ccc(N3CC/C(=C/C#N)C(F)(F)C3)cc2)C(=O)O1. The molecule has 0 saturated carbocycles. The number of anilines is 2. The topological polar surface area (TPSA) is 85.7 Å². The number of cyclic esters (lactones) is 1. The van der Waals surface area contributed by atoms with Crippen LogP contribution in [0.1, 0.15) is 13.3 Å². The number of ether oxygens (including phenoxy) is 1. The Morgan fingerprint density at radius 2 is 2.07 bits per heavy atom. The van der Waals surface area contributed by atoms with Crippen LogP contribution >= 0.6 is 0 Å². The molecule has 0 aromatic heterocycles. The van der Waals surface area contributed by atoms with E-state index < -0.39 is 24.7 Å². The molecule has 0 bridgehead atoms. The van der Waals surface area contributed by atoms with Gasteiger partial charge in [0.1, 0.15) is 6.10 Å². The van der Waals surface area contributed by atoms with Gasteiger partial charge in [-0.1, -0.05) is 0 Å². The Bertz CT molecular complexity index is 833. The molecule has 1 aromatic rings. The molecule has 0 spiro atoms. The number of amides is 2. The second-order valence-electron chi connectivity index (χ2n) is 6.74. The Kier molecular flexibility index (Phi) is 5.49. The van der Waals surface area contributed by atoms with E-state index in [9.17, 15) is 18.4 Å². The van der Waals surface area contributed by atoms with Gasteiger partial charge in [0, 0.05) is 36.5 Å². The maximum atomic E-state index is 14.2. The second-order valence-corrected chi connectivity index (χ2v) is 6.74. The van der Waals surface area contributed by atoms with Gasteiger partial charge in [0.05, 0.1) is 25.7 Å². The number of halogens is 2. The lowest BCUT2D eigenvalue weighted by Gasteiger charge is -2.35. The molecule has 2 amide bonds. The van der Waals surface area contributed by atoms with E-state index in [2.05, 4.69) is 5.32 Å². The second kappa shape index (κ2) is 7.84. The number of alkyl halides is 2. The molecule has 7 nitrogen and oxygen atoms in total. The standard InChI is InChI=1S/C19H20F2N4O3/c1-13(26)23-10-17-11-25(18(27)28-17)16-4-2-15(3-5-16)24-9-7-14(6-8-22)19(20,21)12-24/h2-6,17H,7,9-12H2,1H3,(H,23,26)/b14-6-/t17-/m0/s1. The first kappa shape index (κ1) is 19.6. The number of benzene rings is 1. The van der Waals surface area contributed by atoms with Crippen LogP contribution in [-0.2, 0) is 9.53 Å². The Morgan fingerprint density at radius 3 is 2.68 bits per heavy atom. The quantitative estimate of drug-likeness (QED) is 0.798. The highest BCUT2D eigenvalue weighted by atomic mass is 19.3.